The third-order valence-electron chi connectivity index (χ3n) is 7.62. The summed E-state index contributed by atoms with van der Waals surface area (Å²) < 4.78 is 33.4. The Morgan fingerprint density at radius 2 is 1.50 bits per heavy atom. The molecular weight excluding hydrogens is 560 g/mol. The Balaban J connectivity index is 1.29. The van der Waals surface area contributed by atoms with Crippen molar-refractivity contribution in [3.8, 4) is 23.0 Å². The van der Waals surface area contributed by atoms with Gasteiger partial charge in [0.25, 0.3) is 0 Å². The van der Waals surface area contributed by atoms with Gasteiger partial charge in [-0.3, -0.25) is 4.79 Å². The Kier molecular flexibility index (Phi) is 8.89. The third kappa shape index (κ3) is 5.90. The lowest BCUT2D eigenvalue weighted by molar-refractivity contribution is -0.318. The molecule has 2 aromatic rings. The van der Waals surface area contributed by atoms with Gasteiger partial charge >= 0.3 is 0 Å². The number of methoxy groups -OCH3 is 1. The van der Waals surface area contributed by atoms with Gasteiger partial charge in [-0.25, -0.2) is 0 Å². The number of carbonyl (C=O) groups is 1. The number of carbonyl (C=O) groups excluding carboxylic acids is 1. The largest absolute Gasteiger partial charge is 0.507 e. The number of aliphatic hydroxyl groups excluding tert-OH is 6. The van der Waals surface area contributed by atoms with E-state index in [0.29, 0.717) is 11.3 Å². The van der Waals surface area contributed by atoms with Crippen LogP contribution in [0.25, 0.3) is 0 Å². The minimum Gasteiger partial charge on any atom is -0.507 e. The summed E-state index contributed by atoms with van der Waals surface area (Å²) in [6.07, 6.45) is -15.4. The molecule has 14 nitrogen and oxygen atoms in total. The first-order chi connectivity index (χ1) is 20.0. The number of aliphatic hydroxyl groups is 6. The second-order valence-electron chi connectivity index (χ2n) is 10.5. The van der Waals surface area contributed by atoms with E-state index in [2.05, 4.69) is 0 Å². The molecule has 0 radical (unpaired) electrons. The summed E-state index contributed by atoms with van der Waals surface area (Å²) in [7, 11) is 1.53. The van der Waals surface area contributed by atoms with Crippen LogP contribution in [0, 0.1) is 0 Å². The minimum atomic E-state index is -1.75. The number of hydrogen-bond donors (Lipinski definition) is 7. The van der Waals surface area contributed by atoms with Crippen LogP contribution in [-0.4, -0.2) is 117 Å². The normalized spacial score (nSPS) is 36.6. The first-order valence-corrected chi connectivity index (χ1v) is 13.4. The zero-order valence-corrected chi connectivity index (χ0v) is 22.7. The molecule has 0 aromatic heterocycles. The Bertz CT molecular complexity index is 1250. The molecule has 5 rings (SSSR count). The molecule has 7 N–H and O–H groups in total. The van der Waals surface area contributed by atoms with Gasteiger partial charge in [-0.2, -0.15) is 0 Å². The lowest BCUT2D eigenvalue weighted by Crippen LogP contribution is -2.61. The summed E-state index contributed by atoms with van der Waals surface area (Å²) in [5.41, 5.74) is 0.668. The van der Waals surface area contributed by atoms with E-state index in [-0.39, 0.29) is 29.3 Å². The summed E-state index contributed by atoms with van der Waals surface area (Å²) in [6.45, 7) is 0.995. The van der Waals surface area contributed by atoms with E-state index in [0.717, 1.165) is 6.07 Å². The molecule has 11 atom stereocenters. The van der Waals surface area contributed by atoms with E-state index in [1.54, 1.807) is 24.3 Å². The molecular formula is C28H34O14. The highest BCUT2D eigenvalue weighted by molar-refractivity contribution is 6.02. The Morgan fingerprint density at radius 3 is 2.19 bits per heavy atom. The van der Waals surface area contributed by atoms with Crippen LogP contribution in [0.15, 0.2) is 36.4 Å². The molecule has 0 saturated carbocycles. The van der Waals surface area contributed by atoms with Gasteiger partial charge in [0.1, 0.15) is 77.4 Å². The molecule has 0 spiro atoms. The fourth-order valence-corrected chi connectivity index (χ4v) is 5.11. The van der Waals surface area contributed by atoms with Gasteiger partial charge in [0.2, 0.25) is 6.29 Å². The first-order valence-electron chi connectivity index (χ1n) is 13.4. The molecule has 0 unspecified atom stereocenters. The van der Waals surface area contributed by atoms with Gasteiger partial charge in [0.05, 0.1) is 26.2 Å². The van der Waals surface area contributed by atoms with Crippen molar-refractivity contribution in [3.63, 3.8) is 0 Å². The van der Waals surface area contributed by atoms with Gasteiger partial charge < -0.3 is 64.2 Å². The van der Waals surface area contributed by atoms with E-state index >= 15 is 0 Å². The number of ether oxygens (including phenoxy) is 6. The molecule has 3 aliphatic rings. The second-order valence-corrected chi connectivity index (χ2v) is 10.5. The molecule has 230 valence electrons. The number of ketones is 1. The van der Waals surface area contributed by atoms with Crippen LogP contribution < -0.4 is 14.2 Å². The highest BCUT2D eigenvalue weighted by Crippen LogP contribution is 2.42. The van der Waals surface area contributed by atoms with Crippen LogP contribution in [-0.2, 0) is 14.2 Å². The van der Waals surface area contributed by atoms with Crippen LogP contribution in [0.3, 0.4) is 0 Å². The molecule has 0 aliphatic carbocycles. The van der Waals surface area contributed by atoms with Gasteiger partial charge in [0.15, 0.2) is 12.1 Å². The Hall–Kier alpha value is -3.05. The third-order valence-corrected chi connectivity index (χ3v) is 7.62. The Morgan fingerprint density at radius 1 is 0.833 bits per heavy atom. The highest BCUT2D eigenvalue weighted by atomic mass is 16.7. The van der Waals surface area contributed by atoms with Crippen LogP contribution in [0.2, 0.25) is 0 Å². The number of Topliss-reactive ketones (excluding diaryl/α,β-unsaturated/α-hetero) is 1. The number of fused-ring (bicyclic) bond motifs is 1. The standard InChI is InChI=1S/C28H34O14/c1-11-21(31)23(33)25(35)27(39-11)38-10-19-22(32)24(34)26(36)28(42-19)40-14-7-15(29)20-16(30)9-17(41-18(20)8-14)12-3-5-13(37-2)6-4-12/h3-8,11,17,19,21-29,31-36H,9-10H2,1-2H3/t11-,17+,19-,21-,22-,23+,24+,25+,26+,27+,28+/m0/s1. The van der Waals surface area contributed by atoms with Gasteiger partial charge in [0, 0.05) is 12.1 Å². The van der Waals surface area contributed by atoms with E-state index < -0.39 is 79.9 Å². The topological polar surface area (TPSA) is 214 Å². The summed E-state index contributed by atoms with van der Waals surface area (Å²) >= 11 is 0. The summed E-state index contributed by atoms with van der Waals surface area (Å²) in [4.78, 5) is 12.9. The number of rotatable bonds is 7. The quantitative estimate of drug-likeness (QED) is 0.208. The van der Waals surface area contributed by atoms with E-state index in [9.17, 15) is 40.5 Å². The number of hydrogen-bond acceptors (Lipinski definition) is 14. The molecule has 3 heterocycles. The fourth-order valence-electron chi connectivity index (χ4n) is 5.11. The molecule has 3 aliphatic heterocycles. The highest BCUT2D eigenvalue weighted by Gasteiger charge is 2.47. The number of phenolic OH excluding ortho intramolecular Hbond substituents is 1. The van der Waals surface area contributed by atoms with Crippen molar-refractivity contribution in [2.24, 2.45) is 0 Å². The molecule has 0 amide bonds. The average Bonchev–Trinajstić information content (AvgIpc) is 2.97. The average molecular weight is 595 g/mol. The Labute approximate surface area is 240 Å². The van der Waals surface area contributed by atoms with Gasteiger partial charge in [-0.05, 0) is 24.6 Å². The van der Waals surface area contributed by atoms with E-state index in [1.165, 1.54) is 20.1 Å². The van der Waals surface area contributed by atoms with Crippen molar-refractivity contribution in [2.45, 2.75) is 80.9 Å². The molecule has 2 saturated heterocycles. The summed E-state index contributed by atoms with van der Waals surface area (Å²) in [6, 6.07) is 9.43. The van der Waals surface area contributed by atoms with E-state index in [4.69, 9.17) is 28.4 Å². The van der Waals surface area contributed by atoms with Gasteiger partial charge in [-0.1, -0.05) is 12.1 Å². The monoisotopic (exact) mass is 594 g/mol. The van der Waals surface area contributed by atoms with Crippen LogP contribution >= 0.6 is 0 Å². The molecule has 42 heavy (non-hydrogen) atoms. The number of aromatic hydroxyl groups is 1. The maximum absolute atomic E-state index is 12.9. The zero-order valence-electron chi connectivity index (χ0n) is 22.7. The van der Waals surface area contributed by atoms with Crippen molar-refractivity contribution in [2.75, 3.05) is 13.7 Å². The van der Waals surface area contributed by atoms with E-state index in [1.807, 2.05) is 0 Å². The summed E-state index contributed by atoms with van der Waals surface area (Å²) in [5.74, 6) is -0.190. The van der Waals surface area contributed by atoms with Crippen LogP contribution in [0.4, 0.5) is 0 Å². The molecule has 2 fully saturated rings. The maximum Gasteiger partial charge on any atom is 0.229 e. The predicted octanol–water partition coefficient (Wildman–Crippen LogP) is -0.862. The maximum atomic E-state index is 12.9. The molecule has 14 heteroatoms. The van der Waals surface area contributed by atoms with Crippen molar-refractivity contribution in [1.29, 1.82) is 0 Å². The van der Waals surface area contributed by atoms with Crippen molar-refractivity contribution < 1.29 is 69.0 Å². The SMILES string of the molecule is COc1ccc([C@H]2CC(=O)c3c(O)cc(O[C@@H]4O[C@@H](CO[C@@H]5O[C@@H](C)[C@H](O)[C@@H](O)[C@H]5O)[C@H](O)[C@@H](O)[C@H]4O)cc3O2)cc1. The minimum absolute atomic E-state index is 0.0164. The molecule has 2 aromatic carbocycles. The van der Waals surface area contributed by atoms with Gasteiger partial charge in [-0.15, -0.1) is 0 Å². The zero-order chi connectivity index (χ0) is 30.3. The van der Waals surface area contributed by atoms with Crippen LogP contribution in [0.1, 0.15) is 35.4 Å². The predicted molar refractivity (Wildman–Crippen MR) is 139 cm³/mol. The fraction of sp³-hybridized carbons (Fsp3) is 0.536. The number of benzene rings is 2. The van der Waals surface area contributed by atoms with Crippen molar-refractivity contribution in [3.05, 3.63) is 47.5 Å². The lowest BCUT2D eigenvalue weighted by atomic mass is 9.95. The van der Waals surface area contributed by atoms with Crippen molar-refractivity contribution >= 4 is 5.78 Å². The molecule has 0 bridgehead atoms. The van der Waals surface area contributed by atoms with Crippen LogP contribution in [0.5, 0.6) is 23.0 Å². The van der Waals surface area contributed by atoms with Crippen molar-refractivity contribution in [1.82, 2.24) is 0 Å². The lowest BCUT2D eigenvalue weighted by Gasteiger charge is -2.42. The number of phenols is 1. The smallest absolute Gasteiger partial charge is 0.229 e. The first kappa shape index (κ1) is 30.4. The second kappa shape index (κ2) is 12.3. The summed E-state index contributed by atoms with van der Waals surface area (Å²) in [5, 5.41) is 72.1.